The molecule has 0 bridgehead atoms. The van der Waals surface area contributed by atoms with Crippen molar-refractivity contribution >= 4 is 0 Å². The Morgan fingerprint density at radius 1 is 1.07 bits per heavy atom. The molecule has 0 rings (SSSR count). The van der Waals surface area contributed by atoms with Gasteiger partial charge in [0.15, 0.2) is 0 Å². The van der Waals surface area contributed by atoms with Crippen LogP contribution in [0.3, 0.4) is 0 Å². The Morgan fingerprint density at radius 2 is 1.67 bits per heavy atom. The Kier molecular flexibility index (Phi) is 7.20. The van der Waals surface area contributed by atoms with Crippen molar-refractivity contribution in [3.05, 3.63) is 0 Å². The molecule has 0 saturated heterocycles. The zero-order valence-corrected chi connectivity index (χ0v) is 11.5. The van der Waals surface area contributed by atoms with E-state index >= 15 is 0 Å². The third-order valence-electron chi connectivity index (χ3n) is 2.73. The number of hydrogen-bond donors (Lipinski definition) is 2. The molecule has 0 amide bonds. The fourth-order valence-electron chi connectivity index (χ4n) is 1.61. The van der Waals surface area contributed by atoms with Crippen LogP contribution in [0.5, 0.6) is 0 Å². The number of nitrogens with one attached hydrogen (secondary N) is 2. The average Bonchev–Trinajstić information content (AvgIpc) is 2.11. The van der Waals surface area contributed by atoms with Gasteiger partial charge in [-0.3, -0.25) is 0 Å². The highest BCUT2D eigenvalue weighted by Gasteiger charge is 2.09. The second-order valence-corrected chi connectivity index (χ2v) is 5.78. The highest BCUT2D eigenvalue weighted by Crippen LogP contribution is 2.08. The summed E-state index contributed by atoms with van der Waals surface area (Å²) >= 11 is 0. The van der Waals surface area contributed by atoms with Crippen molar-refractivity contribution in [2.75, 3.05) is 13.1 Å². The van der Waals surface area contributed by atoms with Gasteiger partial charge in [-0.05, 0) is 40.0 Å². The van der Waals surface area contributed by atoms with E-state index in [0.29, 0.717) is 6.04 Å². The lowest BCUT2D eigenvalue weighted by molar-refractivity contribution is 0.385. The summed E-state index contributed by atoms with van der Waals surface area (Å²) in [5.74, 6) is 0.836. The predicted molar refractivity (Wildman–Crippen MR) is 69.3 cm³/mol. The summed E-state index contributed by atoms with van der Waals surface area (Å²) in [5, 5.41) is 7.04. The summed E-state index contributed by atoms with van der Waals surface area (Å²) in [4.78, 5) is 0. The van der Waals surface area contributed by atoms with Gasteiger partial charge < -0.3 is 10.6 Å². The van der Waals surface area contributed by atoms with Crippen LogP contribution in [0.15, 0.2) is 0 Å². The standard InChI is InChI=1S/C13H30N2/c1-7-11(2)10-12(3)14-8-9-15-13(4,5)6/h11-12,14-15H,7-10H2,1-6H3. The van der Waals surface area contributed by atoms with Gasteiger partial charge in [0.2, 0.25) is 0 Å². The zero-order valence-electron chi connectivity index (χ0n) is 11.5. The minimum absolute atomic E-state index is 0.238. The van der Waals surface area contributed by atoms with Crippen molar-refractivity contribution < 1.29 is 0 Å². The highest BCUT2D eigenvalue weighted by molar-refractivity contribution is 4.71. The maximum atomic E-state index is 3.56. The molecule has 0 aliphatic heterocycles. The second kappa shape index (κ2) is 7.24. The molecule has 0 aromatic heterocycles. The molecule has 0 heterocycles. The van der Waals surface area contributed by atoms with Crippen LogP contribution in [0.1, 0.15) is 54.4 Å². The smallest absolute Gasteiger partial charge is 0.00970 e. The molecular weight excluding hydrogens is 184 g/mol. The zero-order chi connectivity index (χ0) is 11.9. The van der Waals surface area contributed by atoms with Gasteiger partial charge in [0.1, 0.15) is 0 Å². The lowest BCUT2D eigenvalue weighted by Crippen LogP contribution is -2.42. The summed E-state index contributed by atoms with van der Waals surface area (Å²) in [6.07, 6.45) is 2.57. The summed E-state index contributed by atoms with van der Waals surface area (Å²) < 4.78 is 0. The highest BCUT2D eigenvalue weighted by atomic mass is 15.0. The van der Waals surface area contributed by atoms with Crippen LogP contribution in [0.25, 0.3) is 0 Å². The van der Waals surface area contributed by atoms with Gasteiger partial charge in [0.25, 0.3) is 0 Å². The molecular formula is C13H30N2. The molecule has 2 unspecified atom stereocenters. The van der Waals surface area contributed by atoms with E-state index in [9.17, 15) is 0 Å². The molecule has 0 aromatic carbocycles. The molecule has 0 aromatic rings. The quantitative estimate of drug-likeness (QED) is 0.637. The first-order chi connectivity index (χ1) is 6.85. The summed E-state index contributed by atoms with van der Waals surface area (Å²) in [5.41, 5.74) is 0.238. The van der Waals surface area contributed by atoms with E-state index in [1.165, 1.54) is 12.8 Å². The Bertz CT molecular complexity index is 149. The minimum atomic E-state index is 0.238. The first kappa shape index (κ1) is 14.9. The van der Waals surface area contributed by atoms with Crippen LogP contribution in [0.4, 0.5) is 0 Å². The van der Waals surface area contributed by atoms with Crippen LogP contribution in [-0.2, 0) is 0 Å². The third-order valence-corrected chi connectivity index (χ3v) is 2.73. The molecule has 0 fully saturated rings. The van der Waals surface area contributed by atoms with Crippen molar-refractivity contribution in [3.8, 4) is 0 Å². The average molecular weight is 214 g/mol. The predicted octanol–water partition coefficient (Wildman–Crippen LogP) is 2.79. The van der Waals surface area contributed by atoms with Crippen molar-refractivity contribution in [2.24, 2.45) is 5.92 Å². The van der Waals surface area contributed by atoms with Crippen molar-refractivity contribution in [2.45, 2.75) is 66.0 Å². The van der Waals surface area contributed by atoms with Gasteiger partial charge in [-0.25, -0.2) is 0 Å². The van der Waals surface area contributed by atoms with Gasteiger partial charge in [-0.15, -0.1) is 0 Å². The van der Waals surface area contributed by atoms with Gasteiger partial charge in [-0.1, -0.05) is 20.3 Å². The summed E-state index contributed by atoms with van der Waals surface area (Å²) in [6.45, 7) is 15.6. The van der Waals surface area contributed by atoms with E-state index < -0.39 is 0 Å². The van der Waals surface area contributed by atoms with Gasteiger partial charge in [-0.2, -0.15) is 0 Å². The second-order valence-electron chi connectivity index (χ2n) is 5.78. The van der Waals surface area contributed by atoms with Crippen LogP contribution >= 0.6 is 0 Å². The lowest BCUT2D eigenvalue weighted by Gasteiger charge is -2.22. The van der Waals surface area contributed by atoms with E-state index in [2.05, 4.69) is 52.2 Å². The Labute approximate surface area is 96.2 Å². The van der Waals surface area contributed by atoms with E-state index in [1.54, 1.807) is 0 Å². The molecule has 0 radical (unpaired) electrons. The van der Waals surface area contributed by atoms with Crippen LogP contribution < -0.4 is 10.6 Å². The van der Waals surface area contributed by atoms with E-state index in [-0.39, 0.29) is 5.54 Å². The lowest BCUT2D eigenvalue weighted by atomic mass is 10.0. The largest absolute Gasteiger partial charge is 0.313 e. The fraction of sp³-hybridized carbons (Fsp3) is 1.00. The normalized spacial score (nSPS) is 16.4. The molecule has 2 heteroatoms. The molecule has 2 N–H and O–H groups in total. The minimum Gasteiger partial charge on any atom is -0.313 e. The van der Waals surface area contributed by atoms with Crippen molar-refractivity contribution in [1.82, 2.24) is 10.6 Å². The summed E-state index contributed by atoms with van der Waals surface area (Å²) in [6, 6.07) is 0.640. The van der Waals surface area contributed by atoms with Crippen molar-refractivity contribution in [3.63, 3.8) is 0 Å². The molecule has 2 nitrogen and oxygen atoms in total. The van der Waals surface area contributed by atoms with Crippen LogP contribution in [0.2, 0.25) is 0 Å². The molecule has 92 valence electrons. The number of hydrogen-bond acceptors (Lipinski definition) is 2. The molecule has 15 heavy (non-hydrogen) atoms. The van der Waals surface area contributed by atoms with Crippen LogP contribution in [-0.4, -0.2) is 24.7 Å². The Morgan fingerprint density at radius 3 is 2.13 bits per heavy atom. The van der Waals surface area contributed by atoms with Crippen molar-refractivity contribution in [1.29, 1.82) is 0 Å². The molecule has 2 atom stereocenters. The maximum absolute atomic E-state index is 3.56. The molecule has 0 spiro atoms. The fourth-order valence-corrected chi connectivity index (χ4v) is 1.61. The van der Waals surface area contributed by atoms with E-state index in [0.717, 1.165) is 19.0 Å². The monoisotopic (exact) mass is 214 g/mol. The van der Waals surface area contributed by atoms with Gasteiger partial charge in [0, 0.05) is 24.7 Å². The first-order valence-electron chi connectivity index (χ1n) is 6.33. The molecule has 0 aliphatic carbocycles. The maximum Gasteiger partial charge on any atom is 0.00970 e. The third kappa shape index (κ3) is 10.2. The van der Waals surface area contributed by atoms with E-state index in [1.807, 2.05) is 0 Å². The number of rotatable bonds is 7. The summed E-state index contributed by atoms with van der Waals surface area (Å²) in [7, 11) is 0. The Hall–Kier alpha value is -0.0800. The van der Waals surface area contributed by atoms with Gasteiger partial charge >= 0.3 is 0 Å². The SMILES string of the molecule is CCC(C)CC(C)NCCNC(C)(C)C. The van der Waals surface area contributed by atoms with Crippen LogP contribution in [0, 0.1) is 5.92 Å². The topological polar surface area (TPSA) is 24.1 Å². The Balaban J connectivity index is 3.43. The molecule has 0 saturated carbocycles. The van der Waals surface area contributed by atoms with Gasteiger partial charge in [0.05, 0.1) is 0 Å². The first-order valence-corrected chi connectivity index (χ1v) is 6.33. The van der Waals surface area contributed by atoms with E-state index in [4.69, 9.17) is 0 Å². The molecule has 0 aliphatic rings.